The molecule has 2 aromatic rings. The van der Waals surface area contributed by atoms with Gasteiger partial charge in [0.15, 0.2) is 0 Å². The summed E-state index contributed by atoms with van der Waals surface area (Å²) in [5, 5.41) is 31.8. The van der Waals surface area contributed by atoms with Crippen molar-refractivity contribution in [1.29, 1.82) is 0 Å². The number of aliphatic hydroxyl groups excluding tert-OH is 1. The molecule has 2 amide bonds. The van der Waals surface area contributed by atoms with E-state index < -0.39 is 36.0 Å². The van der Waals surface area contributed by atoms with Gasteiger partial charge in [-0.2, -0.15) is 0 Å². The molecular weight excluding hydrogens is 614 g/mol. The number of amides is 2. The van der Waals surface area contributed by atoms with Crippen LogP contribution in [0.25, 0.3) is 0 Å². The van der Waals surface area contributed by atoms with E-state index in [0.29, 0.717) is 22.4 Å². The number of nitrogens with one attached hydrogen (secondary N) is 2. The van der Waals surface area contributed by atoms with Crippen LogP contribution < -0.4 is 124 Å². The van der Waals surface area contributed by atoms with Crippen molar-refractivity contribution in [1.82, 2.24) is 5.32 Å². The Bertz CT molecular complexity index is 1110. The molecule has 0 fully saturated rings. The summed E-state index contributed by atoms with van der Waals surface area (Å²) in [7, 11) is 1.22. The number of anilines is 1. The van der Waals surface area contributed by atoms with Crippen molar-refractivity contribution in [2.24, 2.45) is 0 Å². The Labute approximate surface area is 330 Å². The number of rotatable bonds is 8. The summed E-state index contributed by atoms with van der Waals surface area (Å²) < 4.78 is 15.3. The minimum Gasteiger partial charge on any atom is -0.652 e. The molecule has 0 unspecified atom stereocenters. The molecular formula is C26H33ClK2N2O10. The molecule has 216 valence electrons. The van der Waals surface area contributed by atoms with Gasteiger partial charge in [0, 0.05) is 12.1 Å². The first-order valence-corrected chi connectivity index (χ1v) is 11.4. The number of hydrogen-bond donors (Lipinski definition) is 3. The molecule has 0 saturated carbocycles. The van der Waals surface area contributed by atoms with Crippen LogP contribution in [0, 0.1) is 6.92 Å². The van der Waals surface area contributed by atoms with Crippen molar-refractivity contribution in [2.75, 3.05) is 12.4 Å². The number of aliphatic hydroxyl groups is 1. The van der Waals surface area contributed by atoms with Gasteiger partial charge in [0.2, 0.25) is 0 Å². The molecule has 2 rings (SSSR count). The Hall–Kier alpha value is -0.757. The second-order valence-electron chi connectivity index (χ2n) is 8.90. The molecule has 0 aliphatic rings. The standard InChI is InChI=1S/C25H32N2O7.CH2O3.ClH.2K/c1-16-19(14-28)18(11-12-20(16)26-24(31)34-25(2,3)4)13-21(22(29)32-5)27-23(30)33-15-17-9-7-6-8-10-17;2-1(3)4;;;/h6-12,21,28H,13-15H2,1-5H3,(H,26,31)(H,27,30);(H2,2,3,4);1H;;/q;;;2*+1/p-2/t21-;;;;/m1..../s1. The van der Waals surface area contributed by atoms with Crippen molar-refractivity contribution >= 4 is 42.4 Å². The fourth-order valence-corrected chi connectivity index (χ4v) is 3.24. The monoisotopic (exact) mass is 646 g/mol. The smallest absolute Gasteiger partial charge is 0.652 e. The van der Waals surface area contributed by atoms with Gasteiger partial charge >= 0.3 is 121 Å². The second-order valence-corrected chi connectivity index (χ2v) is 8.90. The molecule has 12 nitrogen and oxygen atoms in total. The van der Waals surface area contributed by atoms with Crippen LogP contribution in [-0.2, 0) is 38.6 Å². The van der Waals surface area contributed by atoms with Gasteiger partial charge in [-0.05, 0) is 62.2 Å². The van der Waals surface area contributed by atoms with Gasteiger partial charge in [-0.15, -0.1) is 12.4 Å². The number of ether oxygens (including phenoxy) is 3. The summed E-state index contributed by atoms with van der Waals surface area (Å²) in [6.07, 6.45) is -3.68. The van der Waals surface area contributed by atoms with Crippen molar-refractivity contribution in [3.05, 3.63) is 64.7 Å². The van der Waals surface area contributed by atoms with Crippen LogP contribution in [0.15, 0.2) is 42.5 Å². The SMILES string of the molecule is COC(=O)[C@@H](Cc1ccc(NC(=O)OC(C)(C)C)c(C)c1CO)NC(=O)OCc1ccccc1.Cl.O=C([O-])[O-].[K+].[K+]. The van der Waals surface area contributed by atoms with Gasteiger partial charge in [-0.1, -0.05) is 36.4 Å². The fraction of sp³-hybridized carbons (Fsp3) is 0.385. The van der Waals surface area contributed by atoms with E-state index >= 15 is 0 Å². The number of hydrogen-bond acceptors (Lipinski definition) is 10. The molecule has 0 spiro atoms. The summed E-state index contributed by atoms with van der Waals surface area (Å²) in [6.45, 7) is 6.71. The second kappa shape index (κ2) is 22.7. The summed E-state index contributed by atoms with van der Waals surface area (Å²) in [5.41, 5.74) is 2.34. The van der Waals surface area contributed by atoms with Crippen molar-refractivity contribution in [3.63, 3.8) is 0 Å². The molecule has 0 radical (unpaired) electrons. The molecule has 0 bridgehead atoms. The van der Waals surface area contributed by atoms with Crippen LogP contribution in [0.3, 0.4) is 0 Å². The molecule has 0 heterocycles. The maximum atomic E-state index is 12.3. The maximum Gasteiger partial charge on any atom is 1.00 e. The van der Waals surface area contributed by atoms with E-state index in [0.717, 1.165) is 5.56 Å². The number of methoxy groups -OCH3 is 1. The fourth-order valence-electron chi connectivity index (χ4n) is 3.24. The van der Waals surface area contributed by atoms with Crippen LogP contribution >= 0.6 is 12.4 Å². The zero-order valence-electron chi connectivity index (χ0n) is 24.3. The van der Waals surface area contributed by atoms with Gasteiger partial charge in [-0.25, -0.2) is 14.4 Å². The van der Waals surface area contributed by atoms with E-state index in [-0.39, 0.29) is 135 Å². The molecule has 2 aromatic carbocycles. The van der Waals surface area contributed by atoms with E-state index in [1.54, 1.807) is 39.8 Å². The minimum atomic E-state index is -2.33. The number of carbonyl (C=O) groups is 4. The number of carboxylic acid groups (broad SMARTS) is 2. The molecule has 3 N–H and O–H groups in total. The number of benzene rings is 2. The van der Waals surface area contributed by atoms with E-state index in [4.69, 9.17) is 29.2 Å². The first-order chi connectivity index (χ1) is 17.8. The van der Waals surface area contributed by atoms with Crippen LogP contribution in [0.1, 0.15) is 43.0 Å². The third kappa shape index (κ3) is 18.5. The van der Waals surface area contributed by atoms with Crippen LogP contribution in [0.5, 0.6) is 0 Å². The van der Waals surface area contributed by atoms with E-state index in [1.165, 1.54) is 7.11 Å². The summed E-state index contributed by atoms with van der Waals surface area (Å²) in [4.78, 5) is 45.1. The normalized spacial score (nSPS) is 10.4. The van der Waals surface area contributed by atoms with Crippen molar-refractivity contribution < 1.29 is 151 Å². The molecule has 0 saturated heterocycles. The van der Waals surface area contributed by atoms with Gasteiger partial charge in [0.05, 0.1) is 13.7 Å². The zero-order chi connectivity index (χ0) is 28.9. The van der Waals surface area contributed by atoms with Gasteiger partial charge in [0.1, 0.15) is 18.2 Å². The Balaban J connectivity index is -0.00000193. The molecule has 0 aliphatic heterocycles. The zero-order valence-corrected chi connectivity index (χ0v) is 31.3. The predicted molar refractivity (Wildman–Crippen MR) is 139 cm³/mol. The Kier molecular flexibility index (Phi) is 24.8. The van der Waals surface area contributed by atoms with Gasteiger partial charge in [-0.3, -0.25) is 5.32 Å². The first-order valence-electron chi connectivity index (χ1n) is 11.4. The molecule has 0 aromatic heterocycles. The third-order valence-corrected chi connectivity index (χ3v) is 4.90. The average Bonchev–Trinajstić information content (AvgIpc) is 2.83. The van der Waals surface area contributed by atoms with Crippen molar-refractivity contribution in [3.8, 4) is 0 Å². The van der Waals surface area contributed by atoms with Crippen LogP contribution in [0.2, 0.25) is 0 Å². The number of carbonyl (C=O) groups excluding carboxylic acids is 4. The van der Waals surface area contributed by atoms with Crippen LogP contribution in [0.4, 0.5) is 20.1 Å². The Morgan fingerprint density at radius 1 is 0.976 bits per heavy atom. The minimum absolute atomic E-state index is 0. The van der Waals surface area contributed by atoms with E-state index in [1.807, 2.05) is 30.3 Å². The maximum absolute atomic E-state index is 12.3. The summed E-state index contributed by atoms with van der Waals surface area (Å²) >= 11 is 0. The molecule has 41 heavy (non-hydrogen) atoms. The summed E-state index contributed by atoms with van der Waals surface area (Å²) in [5.74, 6) is -0.658. The van der Waals surface area contributed by atoms with Crippen LogP contribution in [-0.4, -0.2) is 48.2 Å². The van der Waals surface area contributed by atoms with Crippen molar-refractivity contribution in [2.45, 2.75) is 59.0 Å². The van der Waals surface area contributed by atoms with Gasteiger partial charge < -0.3 is 39.6 Å². The number of alkyl carbamates (subject to hydrolysis) is 1. The molecule has 0 aliphatic carbocycles. The topological polar surface area (TPSA) is 186 Å². The average molecular weight is 647 g/mol. The van der Waals surface area contributed by atoms with Gasteiger partial charge in [0.25, 0.3) is 0 Å². The largest absolute Gasteiger partial charge is 1.00 e. The summed E-state index contributed by atoms with van der Waals surface area (Å²) in [6, 6.07) is 11.4. The third-order valence-electron chi connectivity index (χ3n) is 4.90. The van der Waals surface area contributed by atoms with E-state index in [2.05, 4.69) is 10.6 Å². The first kappa shape index (κ1) is 44.7. The quantitative estimate of drug-likeness (QED) is 0.144. The Morgan fingerprint density at radius 3 is 2.02 bits per heavy atom. The molecule has 15 heteroatoms. The van der Waals surface area contributed by atoms with E-state index in [9.17, 15) is 19.5 Å². The Morgan fingerprint density at radius 2 is 1.54 bits per heavy atom. The number of halogens is 1. The molecule has 1 atom stereocenters. The number of esters is 1. The predicted octanol–water partition coefficient (Wildman–Crippen LogP) is -4.17.